The van der Waals surface area contributed by atoms with Crippen LogP contribution in [-0.4, -0.2) is 23.5 Å². The summed E-state index contributed by atoms with van der Waals surface area (Å²) in [7, 11) is 0. The van der Waals surface area contributed by atoms with Crippen molar-refractivity contribution < 1.29 is 19.1 Å². The summed E-state index contributed by atoms with van der Waals surface area (Å²) in [6.45, 7) is 4.20. The number of nitrogens with two attached hydrogens (primary N) is 1. The lowest BCUT2D eigenvalue weighted by molar-refractivity contribution is -0.125. The molecule has 0 radical (unpaired) electrons. The second kappa shape index (κ2) is 5.01. The van der Waals surface area contributed by atoms with Gasteiger partial charge >= 0.3 is 5.97 Å². The number of carboxylic acid groups (broad SMARTS) is 1. The van der Waals surface area contributed by atoms with Crippen molar-refractivity contribution in [2.24, 2.45) is 11.1 Å². The molecule has 1 aromatic heterocycles. The highest BCUT2D eigenvalue weighted by Gasteiger charge is 2.24. The molecule has 0 saturated carbocycles. The van der Waals surface area contributed by atoms with Crippen molar-refractivity contribution in [3.63, 3.8) is 0 Å². The molecule has 17 heavy (non-hydrogen) atoms. The summed E-state index contributed by atoms with van der Waals surface area (Å²) in [6.07, 6.45) is 0. The van der Waals surface area contributed by atoms with Gasteiger partial charge in [0, 0.05) is 6.54 Å². The number of carbonyl (C=O) groups excluding carboxylic acids is 1. The number of hydrogen-bond acceptors (Lipinski definition) is 4. The quantitative estimate of drug-likeness (QED) is 0.674. The molecule has 94 valence electrons. The van der Waals surface area contributed by atoms with Gasteiger partial charge in [-0.1, -0.05) is 0 Å². The van der Waals surface area contributed by atoms with Crippen molar-refractivity contribution in [1.82, 2.24) is 5.32 Å². The van der Waals surface area contributed by atoms with Crippen LogP contribution in [0.5, 0.6) is 0 Å². The molecule has 0 bridgehead atoms. The Labute approximate surface area is 98.8 Å². The van der Waals surface area contributed by atoms with Crippen molar-refractivity contribution in [1.29, 1.82) is 0 Å². The van der Waals surface area contributed by atoms with Crippen molar-refractivity contribution in [2.75, 3.05) is 6.54 Å². The van der Waals surface area contributed by atoms with E-state index in [1.807, 2.05) is 0 Å². The predicted octanol–water partition coefficient (Wildman–Crippen LogP) is 0.579. The molecule has 0 aliphatic heterocycles. The van der Waals surface area contributed by atoms with Gasteiger partial charge in [0.05, 0.1) is 12.0 Å². The Morgan fingerprint density at radius 1 is 1.47 bits per heavy atom. The third kappa shape index (κ3) is 3.60. The molecule has 0 spiro atoms. The van der Waals surface area contributed by atoms with Crippen LogP contribution in [0.15, 0.2) is 16.5 Å². The summed E-state index contributed by atoms with van der Waals surface area (Å²) in [5, 5.41) is 11.6. The molecule has 1 amide bonds. The molecular formula is C11H16N2O4. The lowest BCUT2D eigenvalue weighted by Gasteiger charge is -2.20. The summed E-state index contributed by atoms with van der Waals surface area (Å²) >= 11 is 0. The SMILES string of the molecule is CC(C)(CNCc1ccc(C(=O)O)o1)C(N)=O. The number of carboxylic acids is 1. The smallest absolute Gasteiger partial charge is 0.371 e. The molecule has 6 nitrogen and oxygen atoms in total. The van der Waals surface area contributed by atoms with Crippen LogP contribution < -0.4 is 11.1 Å². The Morgan fingerprint density at radius 3 is 2.59 bits per heavy atom. The Kier molecular flexibility index (Phi) is 3.90. The van der Waals surface area contributed by atoms with E-state index in [0.717, 1.165) is 0 Å². The standard InChI is InChI=1S/C11H16N2O4/c1-11(2,10(12)16)6-13-5-7-3-4-8(17-7)9(14)15/h3-4,13H,5-6H2,1-2H3,(H2,12,16)(H,14,15). The molecule has 6 heteroatoms. The minimum absolute atomic E-state index is 0.101. The van der Waals surface area contributed by atoms with Crippen LogP contribution in [0.2, 0.25) is 0 Å². The Balaban J connectivity index is 2.46. The van der Waals surface area contributed by atoms with Gasteiger partial charge in [-0.2, -0.15) is 0 Å². The zero-order chi connectivity index (χ0) is 13.1. The maximum Gasteiger partial charge on any atom is 0.371 e. The lowest BCUT2D eigenvalue weighted by atomic mass is 9.93. The van der Waals surface area contributed by atoms with Gasteiger partial charge in [0.2, 0.25) is 11.7 Å². The van der Waals surface area contributed by atoms with Crippen LogP contribution in [-0.2, 0) is 11.3 Å². The fourth-order valence-electron chi connectivity index (χ4n) is 1.17. The van der Waals surface area contributed by atoms with Crippen LogP contribution in [0.3, 0.4) is 0 Å². The molecule has 4 N–H and O–H groups in total. The van der Waals surface area contributed by atoms with Gasteiger partial charge in [-0.05, 0) is 26.0 Å². The maximum atomic E-state index is 11.0. The van der Waals surface area contributed by atoms with E-state index >= 15 is 0 Å². The summed E-state index contributed by atoms with van der Waals surface area (Å²) < 4.78 is 5.04. The first-order valence-electron chi connectivity index (χ1n) is 5.15. The van der Waals surface area contributed by atoms with Crippen LogP contribution in [0.25, 0.3) is 0 Å². The van der Waals surface area contributed by atoms with E-state index in [0.29, 0.717) is 18.8 Å². The number of amides is 1. The molecule has 0 saturated heterocycles. The summed E-state index contributed by atoms with van der Waals surface area (Å²) in [6, 6.07) is 2.96. The number of aromatic carboxylic acids is 1. The average molecular weight is 240 g/mol. The van der Waals surface area contributed by atoms with E-state index in [1.165, 1.54) is 6.07 Å². The zero-order valence-electron chi connectivity index (χ0n) is 9.82. The van der Waals surface area contributed by atoms with Crippen molar-refractivity contribution in [2.45, 2.75) is 20.4 Å². The van der Waals surface area contributed by atoms with Crippen molar-refractivity contribution in [3.05, 3.63) is 23.7 Å². The van der Waals surface area contributed by atoms with Gasteiger partial charge in [0.1, 0.15) is 5.76 Å². The molecular weight excluding hydrogens is 224 g/mol. The van der Waals surface area contributed by atoms with Gasteiger partial charge in [-0.15, -0.1) is 0 Å². The average Bonchev–Trinajstić information content (AvgIpc) is 2.66. The van der Waals surface area contributed by atoms with Crippen molar-refractivity contribution in [3.8, 4) is 0 Å². The number of carbonyl (C=O) groups is 2. The fourth-order valence-corrected chi connectivity index (χ4v) is 1.17. The second-order valence-corrected chi connectivity index (χ2v) is 4.42. The highest BCUT2D eigenvalue weighted by Crippen LogP contribution is 2.13. The third-order valence-electron chi connectivity index (χ3n) is 2.41. The first-order chi connectivity index (χ1) is 7.83. The van der Waals surface area contributed by atoms with Crippen molar-refractivity contribution >= 4 is 11.9 Å². The molecule has 0 atom stereocenters. The van der Waals surface area contributed by atoms with Gasteiger partial charge in [-0.25, -0.2) is 4.79 Å². The largest absolute Gasteiger partial charge is 0.475 e. The minimum Gasteiger partial charge on any atom is -0.475 e. The predicted molar refractivity (Wildman–Crippen MR) is 60.3 cm³/mol. The number of hydrogen-bond donors (Lipinski definition) is 3. The molecule has 1 aromatic rings. The van der Waals surface area contributed by atoms with E-state index in [-0.39, 0.29) is 5.76 Å². The minimum atomic E-state index is -1.10. The molecule has 1 heterocycles. The van der Waals surface area contributed by atoms with Crippen LogP contribution >= 0.6 is 0 Å². The third-order valence-corrected chi connectivity index (χ3v) is 2.41. The molecule has 0 aliphatic carbocycles. The highest BCUT2D eigenvalue weighted by molar-refractivity contribution is 5.84. The van der Waals surface area contributed by atoms with E-state index in [1.54, 1.807) is 19.9 Å². The normalized spacial score (nSPS) is 11.4. The summed E-state index contributed by atoms with van der Waals surface area (Å²) in [5.74, 6) is -1.09. The molecule has 0 aliphatic rings. The Morgan fingerprint density at radius 2 is 2.12 bits per heavy atom. The van der Waals surface area contributed by atoms with Gasteiger partial charge < -0.3 is 20.6 Å². The molecule has 0 unspecified atom stereocenters. The molecule has 1 rings (SSSR count). The van der Waals surface area contributed by atoms with E-state index in [2.05, 4.69) is 5.32 Å². The lowest BCUT2D eigenvalue weighted by Crippen LogP contribution is -2.40. The monoisotopic (exact) mass is 240 g/mol. The number of rotatable bonds is 6. The summed E-state index contributed by atoms with van der Waals surface area (Å²) in [4.78, 5) is 21.6. The van der Waals surface area contributed by atoms with Crippen LogP contribution in [0, 0.1) is 5.41 Å². The van der Waals surface area contributed by atoms with Gasteiger partial charge in [-0.3, -0.25) is 4.79 Å². The van der Waals surface area contributed by atoms with Crippen LogP contribution in [0.4, 0.5) is 0 Å². The first-order valence-corrected chi connectivity index (χ1v) is 5.15. The highest BCUT2D eigenvalue weighted by atomic mass is 16.4. The fraction of sp³-hybridized carbons (Fsp3) is 0.455. The van der Waals surface area contributed by atoms with E-state index < -0.39 is 17.3 Å². The zero-order valence-corrected chi connectivity index (χ0v) is 9.82. The van der Waals surface area contributed by atoms with E-state index in [9.17, 15) is 9.59 Å². The summed E-state index contributed by atoms with van der Waals surface area (Å²) in [5.41, 5.74) is 4.56. The van der Waals surface area contributed by atoms with Gasteiger partial charge in [0.25, 0.3) is 0 Å². The topological polar surface area (TPSA) is 106 Å². The van der Waals surface area contributed by atoms with E-state index in [4.69, 9.17) is 15.3 Å². The maximum absolute atomic E-state index is 11.0. The number of furan rings is 1. The second-order valence-electron chi connectivity index (χ2n) is 4.42. The van der Waals surface area contributed by atoms with Gasteiger partial charge in [0.15, 0.2) is 0 Å². The first kappa shape index (κ1) is 13.2. The molecule has 0 aromatic carbocycles. The number of nitrogens with one attached hydrogen (secondary N) is 1. The number of primary amides is 1. The molecule has 0 fully saturated rings. The Bertz CT molecular complexity index is 423. The Hall–Kier alpha value is -1.82. The van der Waals surface area contributed by atoms with Crippen LogP contribution in [0.1, 0.15) is 30.2 Å².